The number of rotatable bonds is 3. The van der Waals surface area contributed by atoms with Crippen LogP contribution in [0.5, 0.6) is 0 Å². The first kappa shape index (κ1) is 18.3. The highest BCUT2D eigenvalue weighted by molar-refractivity contribution is 9.10. The minimum Gasteiger partial charge on any atom is -0.436 e. The largest absolute Gasteiger partial charge is 0.436 e. The first-order valence-corrected chi connectivity index (χ1v) is 9.47. The fourth-order valence-electron chi connectivity index (χ4n) is 2.58. The Morgan fingerprint density at radius 3 is 2.68 bits per heavy atom. The molecule has 0 fully saturated rings. The summed E-state index contributed by atoms with van der Waals surface area (Å²) < 4.78 is 6.63. The summed E-state index contributed by atoms with van der Waals surface area (Å²) in [4.78, 5) is 20.8. The monoisotopic (exact) mass is 452 g/mol. The second-order valence-corrected chi connectivity index (χ2v) is 7.19. The molecule has 6 nitrogen and oxygen atoms in total. The van der Waals surface area contributed by atoms with Crippen LogP contribution >= 0.6 is 28.1 Å². The molecule has 4 aromatic rings. The highest BCUT2D eigenvalue weighted by atomic mass is 79.9. The summed E-state index contributed by atoms with van der Waals surface area (Å²) in [5.41, 5.74) is 3.30. The number of pyridine rings is 1. The van der Waals surface area contributed by atoms with Gasteiger partial charge in [-0.3, -0.25) is 15.1 Å². The maximum atomic E-state index is 12.2. The molecule has 0 unspecified atom stereocenters. The van der Waals surface area contributed by atoms with Crippen LogP contribution in [0, 0.1) is 0 Å². The van der Waals surface area contributed by atoms with Gasteiger partial charge in [0.25, 0.3) is 5.91 Å². The molecule has 0 radical (unpaired) electrons. The van der Waals surface area contributed by atoms with E-state index in [1.54, 1.807) is 54.9 Å². The van der Waals surface area contributed by atoms with Gasteiger partial charge in [-0.2, -0.15) is 0 Å². The van der Waals surface area contributed by atoms with Crippen molar-refractivity contribution in [2.75, 3.05) is 5.32 Å². The zero-order chi connectivity index (χ0) is 19.5. The summed E-state index contributed by atoms with van der Waals surface area (Å²) in [6.45, 7) is 0. The lowest BCUT2D eigenvalue weighted by molar-refractivity contribution is 0.0977. The lowest BCUT2D eigenvalue weighted by Gasteiger charge is -2.09. The Bertz CT molecular complexity index is 1180. The van der Waals surface area contributed by atoms with E-state index in [1.165, 1.54) is 0 Å². The third-order valence-corrected chi connectivity index (χ3v) is 4.50. The number of amides is 1. The van der Waals surface area contributed by atoms with Crippen LogP contribution in [0.3, 0.4) is 0 Å². The number of aromatic nitrogens is 2. The van der Waals surface area contributed by atoms with E-state index in [9.17, 15) is 4.79 Å². The average Bonchev–Trinajstić information content (AvgIpc) is 3.12. The lowest BCUT2D eigenvalue weighted by Crippen LogP contribution is -2.34. The molecule has 1 amide bonds. The normalized spacial score (nSPS) is 10.6. The molecular formula is C20H13BrN4O2S. The number of halogens is 1. The summed E-state index contributed by atoms with van der Waals surface area (Å²) in [5, 5.41) is 5.85. The second-order valence-electron chi connectivity index (χ2n) is 5.87. The van der Waals surface area contributed by atoms with Crippen molar-refractivity contribution in [3.8, 4) is 11.5 Å². The third kappa shape index (κ3) is 4.08. The van der Waals surface area contributed by atoms with E-state index in [2.05, 4.69) is 36.5 Å². The molecule has 2 heterocycles. The van der Waals surface area contributed by atoms with E-state index in [0.29, 0.717) is 28.2 Å². The van der Waals surface area contributed by atoms with Crippen molar-refractivity contribution in [3.63, 3.8) is 0 Å². The molecule has 2 aromatic heterocycles. The van der Waals surface area contributed by atoms with E-state index in [-0.39, 0.29) is 11.0 Å². The van der Waals surface area contributed by atoms with Crippen LogP contribution in [-0.4, -0.2) is 21.0 Å². The Hall–Kier alpha value is -3.10. The van der Waals surface area contributed by atoms with Crippen molar-refractivity contribution in [1.29, 1.82) is 0 Å². The van der Waals surface area contributed by atoms with Crippen molar-refractivity contribution in [2.45, 2.75) is 0 Å². The molecule has 0 spiro atoms. The van der Waals surface area contributed by atoms with Gasteiger partial charge in [0, 0.05) is 28.1 Å². The van der Waals surface area contributed by atoms with Gasteiger partial charge in [0.1, 0.15) is 5.52 Å². The van der Waals surface area contributed by atoms with Crippen LogP contribution in [0.2, 0.25) is 0 Å². The van der Waals surface area contributed by atoms with Crippen LogP contribution in [0.25, 0.3) is 22.6 Å². The number of carbonyl (C=O) groups excluding carboxylic acids is 1. The standard InChI is InChI=1S/C20H13BrN4O2S/c21-14-8-13(10-22-11-14)19-24-16-9-15(6-7-17(16)27-19)23-20(28)25-18(26)12-4-2-1-3-5-12/h1-11H,(H2,23,25,26,28). The molecule has 2 N–H and O–H groups in total. The molecule has 0 bridgehead atoms. The van der Waals surface area contributed by atoms with Gasteiger partial charge in [-0.25, -0.2) is 4.98 Å². The molecule has 28 heavy (non-hydrogen) atoms. The minimum absolute atomic E-state index is 0.202. The topological polar surface area (TPSA) is 80.0 Å². The summed E-state index contributed by atoms with van der Waals surface area (Å²) in [6.07, 6.45) is 3.38. The van der Waals surface area contributed by atoms with E-state index in [1.807, 2.05) is 12.1 Å². The van der Waals surface area contributed by atoms with Gasteiger partial charge in [-0.05, 0) is 64.5 Å². The first-order chi connectivity index (χ1) is 13.6. The number of hydrogen-bond acceptors (Lipinski definition) is 5. The molecule has 0 atom stereocenters. The zero-order valence-corrected chi connectivity index (χ0v) is 16.8. The highest BCUT2D eigenvalue weighted by Crippen LogP contribution is 2.27. The van der Waals surface area contributed by atoms with Crippen molar-refractivity contribution in [1.82, 2.24) is 15.3 Å². The summed E-state index contributed by atoms with van der Waals surface area (Å²) in [5.74, 6) is 0.200. The van der Waals surface area contributed by atoms with Gasteiger partial charge >= 0.3 is 0 Å². The van der Waals surface area contributed by atoms with Gasteiger partial charge in [-0.15, -0.1) is 0 Å². The first-order valence-electron chi connectivity index (χ1n) is 8.27. The molecule has 0 aliphatic heterocycles. The van der Waals surface area contributed by atoms with E-state index in [0.717, 1.165) is 10.0 Å². The fraction of sp³-hybridized carbons (Fsp3) is 0. The van der Waals surface area contributed by atoms with Crippen LogP contribution in [0.15, 0.2) is 75.9 Å². The molecule has 0 aliphatic rings. The van der Waals surface area contributed by atoms with Crippen LogP contribution in [0.4, 0.5) is 5.69 Å². The molecule has 138 valence electrons. The van der Waals surface area contributed by atoms with Crippen molar-refractivity contribution in [2.24, 2.45) is 0 Å². The lowest BCUT2D eigenvalue weighted by atomic mass is 10.2. The SMILES string of the molecule is O=C(NC(=S)Nc1ccc2oc(-c3cncc(Br)c3)nc2c1)c1ccccc1. The fourth-order valence-corrected chi connectivity index (χ4v) is 3.16. The van der Waals surface area contributed by atoms with Gasteiger partial charge < -0.3 is 9.73 Å². The average molecular weight is 453 g/mol. The number of anilines is 1. The van der Waals surface area contributed by atoms with Crippen molar-refractivity contribution >= 4 is 56.0 Å². The number of nitrogens with zero attached hydrogens (tertiary/aromatic N) is 2. The second kappa shape index (κ2) is 7.87. The molecular weight excluding hydrogens is 440 g/mol. The smallest absolute Gasteiger partial charge is 0.257 e. The maximum Gasteiger partial charge on any atom is 0.257 e. The molecule has 0 aliphatic carbocycles. The van der Waals surface area contributed by atoms with E-state index in [4.69, 9.17) is 16.6 Å². The predicted molar refractivity (Wildman–Crippen MR) is 115 cm³/mol. The Labute approximate surface area is 174 Å². The Morgan fingerprint density at radius 2 is 1.89 bits per heavy atom. The van der Waals surface area contributed by atoms with Crippen LogP contribution in [-0.2, 0) is 0 Å². The molecule has 4 rings (SSSR count). The number of hydrogen-bond donors (Lipinski definition) is 2. The summed E-state index contributed by atoms with van der Waals surface area (Å²) in [7, 11) is 0. The van der Waals surface area contributed by atoms with Gasteiger partial charge in [-0.1, -0.05) is 18.2 Å². The number of fused-ring (bicyclic) bond motifs is 1. The quantitative estimate of drug-likeness (QED) is 0.435. The molecule has 0 saturated heterocycles. The van der Waals surface area contributed by atoms with Gasteiger partial charge in [0.05, 0.1) is 5.56 Å². The van der Waals surface area contributed by atoms with Gasteiger partial charge in [0.15, 0.2) is 10.7 Å². The highest BCUT2D eigenvalue weighted by Gasteiger charge is 2.11. The molecule has 2 aromatic carbocycles. The van der Waals surface area contributed by atoms with Crippen LogP contribution in [0.1, 0.15) is 10.4 Å². The molecule has 0 saturated carbocycles. The minimum atomic E-state index is -0.273. The maximum absolute atomic E-state index is 12.2. The number of thiocarbonyl (C=S) groups is 1. The zero-order valence-electron chi connectivity index (χ0n) is 14.3. The number of nitrogens with one attached hydrogen (secondary N) is 2. The Kier molecular flexibility index (Phi) is 5.14. The number of carbonyl (C=O) groups is 1. The molecule has 8 heteroatoms. The van der Waals surface area contributed by atoms with Crippen molar-refractivity contribution < 1.29 is 9.21 Å². The van der Waals surface area contributed by atoms with Gasteiger partial charge in [0.2, 0.25) is 5.89 Å². The van der Waals surface area contributed by atoms with Crippen molar-refractivity contribution in [3.05, 3.63) is 77.0 Å². The number of oxazole rings is 1. The number of benzene rings is 2. The van der Waals surface area contributed by atoms with E-state index < -0.39 is 0 Å². The Balaban J connectivity index is 1.50. The Morgan fingerprint density at radius 1 is 1.07 bits per heavy atom. The summed E-state index contributed by atoms with van der Waals surface area (Å²) >= 11 is 8.62. The summed E-state index contributed by atoms with van der Waals surface area (Å²) in [6, 6.07) is 16.2. The van der Waals surface area contributed by atoms with Crippen LogP contribution < -0.4 is 10.6 Å². The third-order valence-electron chi connectivity index (χ3n) is 3.86. The predicted octanol–water partition coefficient (Wildman–Crippen LogP) is 4.78. The van der Waals surface area contributed by atoms with E-state index >= 15 is 0 Å².